The molecule has 2 N–H and O–H groups in total. The van der Waals surface area contributed by atoms with Gasteiger partial charge in [0.05, 0.1) is 0 Å². The Kier molecular flexibility index (Phi) is 3.46. The zero-order valence-electron chi connectivity index (χ0n) is 10.5. The molecule has 0 radical (unpaired) electrons. The Balaban J connectivity index is 2.54. The summed E-state index contributed by atoms with van der Waals surface area (Å²) in [7, 11) is 0. The number of rotatable bonds is 3. The van der Waals surface area contributed by atoms with E-state index in [1.807, 2.05) is 6.92 Å². The highest BCUT2D eigenvalue weighted by Crippen LogP contribution is 2.31. The van der Waals surface area contributed by atoms with E-state index in [0.29, 0.717) is 5.56 Å². The lowest BCUT2D eigenvalue weighted by Gasteiger charge is -2.33. The van der Waals surface area contributed by atoms with Gasteiger partial charge in [0, 0.05) is 0 Å². The van der Waals surface area contributed by atoms with Crippen molar-refractivity contribution in [2.24, 2.45) is 0 Å². The molecule has 1 aromatic carbocycles. The molecule has 0 spiro atoms. The Morgan fingerprint density at radius 1 is 1.05 bits per heavy atom. The van der Waals surface area contributed by atoms with Crippen molar-refractivity contribution in [3.63, 3.8) is 0 Å². The van der Waals surface area contributed by atoms with Gasteiger partial charge in [-0.25, -0.2) is 4.79 Å². The number of nitrogens with one attached hydrogen (secondary N) is 2. The number of urea groups is 1. The molecule has 1 fully saturated rings. The van der Waals surface area contributed by atoms with E-state index >= 15 is 0 Å². The van der Waals surface area contributed by atoms with E-state index in [-0.39, 0.29) is 6.42 Å². The standard InChI is InChI=1S/C14H14N2O3/c1-2-3-9-14(10-7-5-4-6-8-10)11(17)15-13(19)16-12(14)18/h2-8H,9H2,1H3,(H2,15,16,17,18,19). The van der Waals surface area contributed by atoms with Gasteiger partial charge in [-0.3, -0.25) is 20.2 Å². The molecule has 0 atom stereocenters. The molecule has 1 saturated heterocycles. The van der Waals surface area contributed by atoms with Crippen molar-refractivity contribution in [2.45, 2.75) is 18.8 Å². The second-order valence-electron chi connectivity index (χ2n) is 4.28. The van der Waals surface area contributed by atoms with Crippen molar-refractivity contribution in [3.05, 3.63) is 48.0 Å². The first-order valence-electron chi connectivity index (χ1n) is 5.95. The molecule has 1 aliphatic heterocycles. The number of barbiturate groups is 1. The van der Waals surface area contributed by atoms with Crippen LogP contribution in [0.1, 0.15) is 18.9 Å². The third kappa shape index (κ3) is 2.14. The third-order valence-electron chi connectivity index (χ3n) is 3.16. The lowest BCUT2D eigenvalue weighted by molar-refractivity contribution is -0.138. The fraction of sp³-hybridized carbons (Fsp3) is 0.214. The summed E-state index contributed by atoms with van der Waals surface area (Å²) in [6.07, 6.45) is 3.71. The predicted molar refractivity (Wildman–Crippen MR) is 69.2 cm³/mol. The van der Waals surface area contributed by atoms with Gasteiger partial charge in [0.25, 0.3) is 0 Å². The van der Waals surface area contributed by atoms with Gasteiger partial charge in [-0.2, -0.15) is 0 Å². The Bertz CT molecular complexity index is 529. The largest absolute Gasteiger partial charge is 0.328 e. The first-order chi connectivity index (χ1) is 9.11. The molecular weight excluding hydrogens is 244 g/mol. The smallest absolute Gasteiger partial charge is 0.277 e. The second kappa shape index (κ2) is 5.06. The van der Waals surface area contributed by atoms with Crippen LogP contribution < -0.4 is 10.6 Å². The maximum absolute atomic E-state index is 12.2. The number of allylic oxidation sites excluding steroid dienone is 2. The van der Waals surface area contributed by atoms with Gasteiger partial charge in [0.15, 0.2) is 5.41 Å². The van der Waals surface area contributed by atoms with Gasteiger partial charge in [0.1, 0.15) is 0 Å². The van der Waals surface area contributed by atoms with E-state index in [9.17, 15) is 14.4 Å². The quantitative estimate of drug-likeness (QED) is 0.633. The van der Waals surface area contributed by atoms with Crippen molar-refractivity contribution in [1.82, 2.24) is 10.6 Å². The molecule has 98 valence electrons. The maximum atomic E-state index is 12.2. The Morgan fingerprint density at radius 3 is 2.16 bits per heavy atom. The Hall–Kier alpha value is -2.43. The molecule has 0 aliphatic carbocycles. The number of hydrogen-bond donors (Lipinski definition) is 2. The summed E-state index contributed by atoms with van der Waals surface area (Å²) in [5.74, 6) is -1.18. The summed E-state index contributed by atoms with van der Waals surface area (Å²) in [4.78, 5) is 35.6. The zero-order chi connectivity index (χ0) is 13.9. The number of carbonyl (C=O) groups excluding carboxylic acids is 3. The molecular formula is C14H14N2O3. The van der Waals surface area contributed by atoms with E-state index in [1.54, 1.807) is 42.5 Å². The first-order valence-corrected chi connectivity index (χ1v) is 5.95. The van der Waals surface area contributed by atoms with Crippen LogP contribution in [0, 0.1) is 0 Å². The Labute approximate surface area is 110 Å². The molecule has 1 aliphatic rings. The number of hydrogen-bond acceptors (Lipinski definition) is 3. The summed E-state index contributed by atoms with van der Waals surface area (Å²) in [5.41, 5.74) is -0.822. The maximum Gasteiger partial charge on any atom is 0.328 e. The van der Waals surface area contributed by atoms with Crippen molar-refractivity contribution < 1.29 is 14.4 Å². The molecule has 4 amide bonds. The van der Waals surface area contributed by atoms with Gasteiger partial charge >= 0.3 is 6.03 Å². The average Bonchev–Trinajstić information content (AvgIpc) is 2.39. The van der Waals surface area contributed by atoms with E-state index in [0.717, 1.165) is 0 Å². The highest BCUT2D eigenvalue weighted by atomic mass is 16.2. The summed E-state index contributed by atoms with van der Waals surface area (Å²) >= 11 is 0. The molecule has 0 bridgehead atoms. The van der Waals surface area contributed by atoms with Gasteiger partial charge in [-0.1, -0.05) is 42.5 Å². The molecule has 2 rings (SSSR count). The molecule has 5 nitrogen and oxygen atoms in total. The average molecular weight is 258 g/mol. The highest BCUT2D eigenvalue weighted by molar-refractivity contribution is 6.23. The number of imide groups is 2. The van der Waals surface area contributed by atoms with Crippen molar-refractivity contribution in [3.8, 4) is 0 Å². The van der Waals surface area contributed by atoms with Gasteiger partial charge in [0.2, 0.25) is 11.8 Å². The number of amides is 4. The lowest BCUT2D eigenvalue weighted by Crippen LogP contribution is -2.64. The van der Waals surface area contributed by atoms with E-state index in [4.69, 9.17) is 0 Å². The van der Waals surface area contributed by atoms with E-state index in [2.05, 4.69) is 10.6 Å². The molecule has 1 aromatic rings. The van der Waals surface area contributed by atoms with Crippen LogP contribution in [-0.4, -0.2) is 17.8 Å². The van der Waals surface area contributed by atoms with Crippen LogP contribution in [0.5, 0.6) is 0 Å². The van der Waals surface area contributed by atoms with Crippen LogP contribution in [-0.2, 0) is 15.0 Å². The van der Waals surface area contributed by atoms with Crippen LogP contribution >= 0.6 is 0 Å². The lowest BCUT2D eigenvalue weighted by atomic mass is 9.74. The Morgan fingerprint density at radius 2 is 1.63 bits per heavy atom. The van der Waals surface area contributed by atoms with Crippen molar-refractivity contribution in [2.75, 3.05) is 0 Å². The topological polar surface area (TPSA) is 75.3 Å². The summed E-state index contributed by atoms with van der Waals surface area (Å²) in [6, 6.07) is 7.95. The van der Waals surface area contributed by atoms with Gasteiger partial charge in [-0.05, 0) is 18.9 Å². The number of benzene rings is 1. The molecule has 0 unspecified atom stereocenters. The zero-order valence-corrected chi connectivity index (χ0v) is 10.5. The van der Waals surface area contributed by atoms with Crippen molar-refractivity contribution >= 4 is 17.8 Å². The minimum Gasteiger partial charge on any atom is -0.277 e. The monoisotopic (exact) mass is 258 g/mol. The summed E-state index contributed by atoms with van der Waals surface area (Å²) in [5, 5.41) is 4.33. The van der Waals surface area contributed by atoms with E-state index in [1.165, 1.54) is 0 Å². The summed E-state index contributed by atoms with van der Waals surface area (Å²) in [6.45, 7) is 1.81. The third-order valence-corrected chi connectivity index (χ3v) is 3.16. The van der Waals surface area contributed by atoms with Gasteiger partial charge in [-0.15, -0.1) is 0 Å². The SMILES string of the molecule is CC=CCC1(c2ccccc2)C(=O)NC(=O)NC1=O. The van der Waals surface area contributed by atoms with Crippen molar-refractivity contribution in [1.29, 1.82) is 0 Å². The van der Waals surface area contributed by atoms with Crippen LogP contribution in [0.4, 0.5) is 4.79 Å². The van der Waals surface area contributed by atoms with Crippen LogP contribution in [0.15, 0.2) is 42.5 Å². The van der Waals surface area contributed by atoms with Gasteiger partial charge < -0.3 is 0 Å². The fourth-order valence-corrected chi connectivity index (χ4v) is 2.14. The molecule has 19 heavy (non-hydrogen) atoms. The van der Waals surface area contributed by atoms with Crippen LogP contribution in [0.25, 0.3) is 0 Å². The fourth-order valence-electron chi connectivity index (χ4n) is 2.14. The van der Waals surface area contributed by atoms with Crippen LogP contribution in [0.3, 0.4) is 0 Å². The molecule has 1 heterocycles. The second-order valence-corrected chi connectivity index (χ2v) is 4.28. The normalized spacial score (nSPS) is 18.3. The summed E-state index contributed by atoms with van der Waals surface area (Å²) < 4.78 is 0. The van der Waals surface area contributed by atoms with E-state index < -0.39 is 23.3 Å². The minimum atomic E-state index is -1.39. The van der Waals surface area contributed by atoms with Crippen LogP contribution in [0.2, 0.25) is 0 Å². The molecule has 0 saturated carbocycles. The molecule has 5 heteroatoms. The first kappa shape index (κ1) is 13.0. The molecule has 0 aromatic heterocycles. The highest BCUT2D eigenvalue weighted by Gasteiger charge is 2.50. The minimum absolute atomic E-state index is 0.207. The number of carbonyl (C=O) groups is 3. The predicted octanol–water partition coefficient (Wildman–Crippen LogP) is 1.26.